The van der Waals surface area contributed by atoms with Crippen LogP contribution in [0.15, 0.2) is 54.6 Å². The molecule has 3 aromatic rings. The molecule has 0 radical (unpaired) electrons. The van der Waals surface area contributed by atoms with Gasteiger partial charge in [-0.2, -0.15) is 5.10 Å². The first kappa shape index (κ1) is 16.9. The molecule has 0 aliphatic heterocycles. The average Bonchev–Trinajstić information content (AvgIpc) is 3.01. The van der Waals surface area contributed by atoms with Crippen molar-refractivity contribution < 1.29 is 14.3 Å². The van der Waals surface area contributed by atoms with Crippen LogP contribution >= 0.6 is 0 Å². The Morgan fingerprint density at radius 2 is 1.84 bits per heavy atom. The molecule has 2 aromatic carbocycles. The molecule has 0 fully saturated rings. The number of carbonyl (C=O) groups is 1. The number of carboxylic acid groups (broad SMARTS) is 1. The summed E-state index contributed by atoms with van der Waals surface area (Å²) in [4.78, 5) is 11.5. The summed E-state index contributed by atoms with van der Waals surface area (Å²) in [6.07, 6.45) is 0.977. The van der Waals surface area contributed by atoms with Gasteiger partial charge >= 0.3 is 5.97 Å². The zero-order valence-corrected chi connectivity index (χ0v) is 14.1. The molecule has 4 nitrogen and oxygen atoms in total. The van der Waals surface area contributed by atoms with Crippen molar-refractivity contribution in [1.82, 2.24) is 9.78 Å². The molecule has 5 heteroatoms. The lowest BCUT2D eigenvalue weighted by Crippen LogP contribution is -2.09. The molecular formula is C20H19FN2O2. The fourth-order valence-electron chi connectivity index (χ4n) is 2.76. The quantitative estimate of drug-likeness (QED) is 0.741. The van der Waals surface area contributed by atoms with Gasteiger partial charge in [-0.15, -0.1) is 0 Å². The van der Waals surface area contributed by atoms with E-state index in [1.807, 2.05) is 24.3 Å². The zero-order valence-electron chi connectivity index (χ0n) is 14.1. The summed E-state index contributed by atoms with van der Waals surface area (Å²) in [5.41, 5.74) is 2.54. The van der Waals surface area contributed by atoms with Crippen molar-refractivity contribution in [1.29, 1.82) is 0 Å². The van der Waals surface area contributed by atoms with Gasteiger partial charge in [0, 0.05) is 5.56 Å². The van der Waals surface area contributed by atoms with Crippen LogP contribution in [0, 0.1) is 11.7 Å². The summed E-state index contributed by atoms with van der Waals surface area (Å²) in [5, 5.41) is 13.8. The van der Waals surface area contributed by atoms with Crippen molar-refractivity contribution in [2.45, 2.75) is 20.3 Å². The van der Waals surface area contributed by atoms with Gasteiger partial charge in [-0.05, 0) is 36.1 Å². The van der Waals surface area contributed by atoms with Gasteiger partial charge in [0.2, 0.25) is 0 Å². The number of carboxylic acids is 1. The normalized spacial score (nSPS) is 11.0. The van der Waals surface area contributed by atoms with Crippen LogP contribution < -0.4 is 0 Å². The Balaban J connectivity index is 2.03. The van der Waals surface area contributed by atoms with Gasteiger partial charge in [-0.3, -0.25) is 0 Å². The number of rotatable bonds is 5. The van der Waals surface area contributed by atoms with E-state index in [9.17, 15) is 14.3 Å². The predicted octanol–water partition coefficient (Wildman–Crippen LogP) is 4.58. The topological polar surface area (TPSA) is 55.1 Å². The summed E-state index contributed by atoms with van der Waals surface area (Å²) in [7, 11) is 0. The van der Waals surface area contributed by atoms with Crippen LogP contribution in [0.1, 0.15) is 29.9 Å². The molecule has 0 amide bonds. The number of hydrogen-bond donors (Lipinski definition) is 1. The minimum Gasteiger partial charge on any atom is -0.477 e. The summed E-state index contributed by atoms with van der Waals surface area (Å²) < 4.78 is 15.2. The van der Waals surface area contributed by atoms with E-state index in [2.05, 4.69) is 18.9 Å². The molecule has 128 valence electrons. The summed E-state index contributed by atoms with van der Waals surface area (Å²) in [5.74, 6) is -1.12. The van der Waals surface area contributed by atoms with Gasteiger partial charge in [0.1, 0.15) is 11.5 Å². The maximum Gasteiger partial charge on any atom is 0.354 e. The van der Waals surface area contributed by atoms with Gasteiger partial charge in [0.15, 0.2) is 5.69 Å². The first-order chi connectivity index (χ1) is 12.0. The van der Waals surface area contributed by atoms with E-state index in [-0.39, 0.29) is 11.4 Å². The number of nitrogens with zero attached hydrogens (tertiary/aromatic N) is 2. The van der Waals surface area contributed by atoms with Crippen LogP contribution in [-0.4, -0.2) is 20.9 Å². The number of aromatic carboxylic acids is 1. The SMILES string of the molecule is CC(C)Cc1ccc(-c2cc(C(=O)O)n(-c3ccccc3F)n2)cc1. The minimum absolute atomic E-state index is 0.0774. The largest absolute Gasteiger partial charge is 0.477 e. The molecule has 0 saturated carbocycles. The third-order valence-corrected chi connectivity index (χ3v) is 3.90. The van der Waals surface area contributed by atoms with Gasteiger partial charge in [-0.1, -0.05) is 50.2 Å². The lowest BCUT2D eigenvalue weighted by atomic mass is 10.0. The summed E-state index contributed by atoms with van der Waals surface area (Å²) in [6.45, 7) is 4.31. The molecule has 0 saturated heterocycles. The van der Waals surface area contributed by atoms with Gasteiger partial charge in [0.05, 0.1) is 5.69 Å². The highest BCUT2D eigenvalue weighted by molar-refractivity contribution is 5.88. The van der Waals surface area contributed by atoms with Gasteiger partial charge in [-0.25, -0.2) is 13.9 Å². The third kappa shape index (κ3) is 3.60. The van der Waals surface area contributed by atoms with E-state index in [1.54, 1.807) is 12.1 Å². The van der Waals surface area contributed by atoms with E-state index in [0.29, 0.717) is 11.6 Å². The molecule has 1 N–H and O–H groups in total. The molecule has 0 aliphatic carbocycles. The number of hydrogen-bond acceptors (Lipinski definition) is 2. The number of para-hydroxylation sites is 1. The highest BCUT2D eigenvalue weighted by atomic mass is 19.1. The Morgan fingerprint density at radius 3 is 2.44 bits per heavy atom. The van der Waals surface area contributed by atoms with Crippen molar-refractivity contribution >= 4 is 5.97 Å². The molecule has 25 heavy (non-hydrogen) atoms. The second-order valence-corrected chi connectivity index (χ2v) is 6.38. The van der Waals surface area contributed by atoms with Crippen molar-refractivity contribution in [2.24, 2.45) is 5.92 Å². The molecular weight excluding hydrogens is 319 g/mol. The van der Waals surface area contributed by atoms with Crippen molar-refractivity contribution in [3.05, 3.63) is 71.7 Å². The molecule has 0 bridgehead atoms. The highest BCUT2D eigenvalue weighted by Gasteiger charge is 2.18. The second-order valence-electron chi connectivity index (χ2n) is 6.38. The van der Waals surface area contributed by atoms with Crippen LogP contribution in [0.5, 0.6) is 0 Å². The predicted molar refractivity (Wildman–Crippen MR) is 94.5 cm³/mol. The van der Waals surface area contributed by atoms with Crippen molar-refractivity contribution in [3.8, 4) is 16.9 Å². The lowest BCUT2D eigenvalue weighted by Gasteiger charge is -2.06. The van der Waals surface area contributed by atoms with Crippen LogP contribution in [-0.2, 0) is 6.42 Å². The maximum absolute atomic E-state index is 14.1. The molecule has 1 heterocycles. The van der Waals surface area contributed by atoms with E-state index >= 15 is 0 Å². The number of benzene rings is 2. The Morgan fingerprint density at radius 1 is 1.16 bits per heavy atom. The van der Waals surface area contributed by atoms with E-state index < -0.39 is 11.8 Å². The molecule has 3 rings (SSSR count). The molecule has 0 atom stereocenters. The van der Waals surface area contributed by atoms with Crippen LogP contribution in [0.4, 0.5) is 4.39 Å². The number of halogens is 1. The van der Waals surface area contributed by atoms with Gasteiger partial charge in [0.25, 0.3) is 0 Å². The number of aromatic nitrogens is 2. The first-order valence-corrected chi connectivity index (χ1v) is 8.13. The van der Waals surface area contributed by atoms with Crippen molar-refractivity contribution in [3.63, 3.8) is 0 Å². The molecule has 0 unspecified atom stereocenters. The minimum atomic E-state index is -1.15. The van der Waals surface area contributed by atoms with Crippen LogP contribution in [0.25, 0.3) is 16.9 Å². The average molecular weight is 338 g/mol. The maximum atomic E-state index is 14.1. The van der Waals surface area contributed by atoms with Crippen LogP contribution in [0.2, 0.25) is 0 Å². The fraction of sp³-hybridized carbons (Fsp3) is 0.200. The lowest BCUT2D eigenvalue weighted by molar-refractivity contribution is 0.0687. The van der Waals surface area contributed by atoms with Crippen molar-refractivity contribution in [2.75, 3.05) is 0 Å². The van der Waals surface area contributed by atoms with Crippen LogP contribution in [0.3, 0.4) is 0 Å². The Kier molecular flexibility index (Phi) is 4.65. The Labute approximate surface area is 145 Å². The molecule has 1 aromatic heterocycles. The van der Waals surface area contributed by atoms with E-state index in [0.717, 1.165) is 16.7 Å². The second kappa shape index (κ2) is 6.89. The Bertz CT molecular complexity index is 898. The smallest absolute Gasteiger partial charge is 0.354 e. The van der Waals surface area contributed by atoms with E-state index in [1.165, 1.54) is 23.8 Å². The zero-order chi connectivity index (χ0) is 18.0. The standard InChI is InChI=1S/C20H19FN2O2/c1-13(2)11-14-7-9-15(10-8-14)17-12-19(20(24)25)23(22-17)18-6-4-3-5-16(18)21/h3-10,12-13H,11H2,1-2H3,(H,24,25). The highest BCUT2D eigenvalue weighted by Crippen LogP contribution is 2.24. The summed E-state index contributed by atoms with van der Waals surface area (Å²) >= 11 is 0. The van der Waals surface area contributed by atoms with Gasteiger partial charge < -0.3 is 5.11 Å². The first-order valence-electron chi connectivity index (χ1n) is 8.13. The third-order valence-electron chi connectivity index (χ3n) is 3.90. The van der Waals surface area contributed by atoms with E-state index in [4.69, 9.17) is 0 Å². The Hall–Kier alpha value is -2.95. The molecule has 0 spiro atoms. The summed E-state index contributed by atoms with van der Waals surface area (Å²) in [6, 6.07) is 15.3. The molecule has 0 aliphatic rings. The fourth-order valence-corrected chi connectivity index (χ4v) is 2.76. The monoisotopic (exact) mass is 338 g/mol.